The summed E-state index contributed by atoms with van der Waals surface area (Å²) in [5.41, 5.74) is 0.938. The molecule has 100 valence electrons. The molecule has 0 amide bonds. The fourth-order valence-corrected chi connectivity index (χ4v) is 2.62. The van der Waals surface area contributed by atoms with Crippen molar-refractivity contribution in [3.8, 4) is 17.1 Å². The summed E-state index contributed by atoms with van der Waals surface area (Å²) in [5, 5.41) is 0.161. The number of rotatable bonds is 3. The highest BCUT2D eigenvalue weighted by molar-refractivity contribution is 6.27. The Bertz CT molecular complexity index is 547. The molecule has 1 heterocycles. The quantitative estimate of drug-likeness (QED) is 0.815. The van der Waals surface area contributed by atoms with Crippen LogP contribution in [0.4, 0.5) is 0 Å². The van der Waals surface area contributed by atoms with E-state index in [9.17, 15) is 0 Å². The number of aromatic nitrogens is 1. The van der Waals surface area contributed by atoms with Crippen molar-refractivity contribution in [1.82, 2.24) is 4.98 Å². The lowest BCUT2D eigenvalue weighted by Gasteiger charge is -2.23. The third kappa shape index (κ3) is 3.10. The summed E-state index contributed by atoms with van der Waals surface area (Å²) in [6.07, 6.45) is 8.14. The Hall–Kier alpha value is -1.48. The van der Waals surface area contributed by atoms with Crippen molar-refractivity contribution in [1.29, 1.82) is 0 Å². The average Bonchev–Trinajstić information content (AvgIpc) is 2.87. The number of hydrogen-bond donors (Lipinski definition) is 0. The largest absolute Gasteiger partial charge is 0.490 e. The van der Waals surface area contributed by atoms with Gasteiger partial charge in [0.05, 0.1) is 12.3 Å². The van der Waals surface area contributed by atoms with Crippen molar-refractivity contribution in [2.45, 2.75) is 38.2 Å². The molecule has 0 bridgehead atoms. The lowest BCUT2D eigenvalue weighted by molar-refractivity contribution is 0.155. The van der Waals surface area contributed by atoms with E-state index in [4.69, 9.17) is 20.8 Å². The molecule has 1 aliphatic rings. The molecule has 1 aliphatic carbocycles. The van der Waals surface area contributed by atoms with E-state index in [1.807, 2.05) is 24.3 Å². The Morgan fingerprint density at radius 2 is 2.05 bits per heavy atom. The van der Waals surface area contributed by atoms with E-state index in [0.29, 0.717) is 11.9 Å². The van der Waals surface area contributed by atoms with E-state index in [0.717, 1.165) is 24.2 Å². The highest BCUT2D eigenvalue weighted by atomic mass is 35.5. The molecule has 0 radical (unpaired) electrons. The second-order valence-electron chi connectivity index (χ2n) is 4.88. The molecule has 0 saturated heterocycles. The molecule has 1 fully saturated rings. The van der Waals surface area contributed by atoms with Crippen LogP contribution >= 0.6 is 11.6 Å². The zero-order valence-corrected chi connectivity index (χ0v) is 11.4. The summed E-state index contributed by atoms with van der Waals surface area (Å²) in [5.74, 6) is 1.55. The van der Waals surface area contributed by atoms with Crippen LogP contribution in [0.3, 0.4) is 0 Å². The zero-order valence-electron chi connectivity index (χ0n) is 10.6. The van der Waals surface area contributed by atoms with E-state index in [1.165, 1.54) is 19.3 Å². The van der Waals surface area contributed by atoms with Crippen LogP contribution in [0.1, 0.15) is 32.1 Å². The molecule has 2 aromatic rings. The molecular weight excluding hydrogens is 262 g/mol. The first kappa shape index (κ1) is 12.5. The smallest absolute Gasteiger partial charge is 0.292 e. The van der Waals surface area contributed by atoms with Crippen molar-refractivity contribution >= 4 is 11.6 Å². The van der Waals surface area contributed by atoms with Crippen LogP contribution in [0.5, 0.6) is 5.75 Å². The summed E-state index contributed by atoms with van der Waals surface area (Å²) >= 11 is 5.70. The van der Waals surface area contributed by atoms with Gasteiger partial charge in [-0.3, -0.25) is 0 Å². The van der Waals surface area contributed by atoms with Gasteiger partial charge in [-0.05, 0) is 49.4 Å². The third-order valence-corrected chi connectivity index (χ3v) is 3.63. The molecule has 0 unspecified atom stereocenters. The summed E-state index contributed by atoms with van der Waals surface area (Å²) in [4.78, 5) is 3.90. The summed E-state index contributed by atoms with van der Waals surface area (Å²) < 4.78 is 11.3. The number of benzene rings is 1. The molecule has 3 rings (SSSR count). The van der Waals surface area contributed by atoms with Crippen LogP contribution in [0, 0.1) is 0 Å². The summed E-state index contributed by atoms with van der Waals surface area (Å²) in [6, 6.07) is 7.88. The normalized spacial score (nSPS) is 16.5. The van der Waals surface area contributed by atoms with Crippen LogP contribution in [0.25, 0.3) is 11.3 Å². The van der Waals surface area contributed by atoms with Crippen LogP contribution in [0.15, 0.2) is 34.9 Å². The second kappa shape index (κ2) is 5.66. The first-order chi connectivity index (χ1) is 9.31. The molecular formula is C15H16ClNO2. The SMILES string of the molecule is Clc1ncc(-c2cccc(OC3CCCCC3)c2)o1. The van der Waals surface area contributed by atoms with E-state index >= 15 is 0 Å². The van der Waals surface area contributed by atoms with E-state index < -0.39 is 0 Å². The van der Waals surface area contributed by atoms with Crippen molar-refractivity contribution in [3.05, 3.63) is 35.8 Å². The van der Waals surface area contributed by atoms with Crippen molar-refractivity contribution in [2.24, 2.45) is 0 Å². The van der Waals surface area contributed by atoms with Gasteiger partial charge in [0.25, 0.3) is 5.35 Å². The van der Waals surface area contributed by atoms with Crippen molar-refractivity contribution in [2.75, 3.05) is 0 Å². The van der Waals surface area contributed by atoms with Gasteiger partial charge < -0.3 is 9.15 Å². The molecule has 0 atom stereocenters. The lowest BCUT2D eigenvalue weighted by Crippen LogP contribution is -2.19. The predicted molar refractivity (Wildman–Crippen MR) is 74.5 cm³/mol. The van der Waals surface area contributed by atoms with Crippen LogP contribution in [-0.2, 0) is 0 Å². The molecule has 0 N–H and O–H groups in total. The van der Waals surface area contributed by atoms with E-state index in [-0.39, 0.29) is 5.35 Å². The first-order valence-corrected chi connectivity index (χ1v) is 7.07. The van der Waals surface area contributed by atoms with Gasteiger partial charge >= 0.3 is 0 Å². The van der Waals surface area contributed by atoms with Gasteiger partial charge in [0.1, 0.15) is 5.75 Å². The minimum absolute atomic E-state index is 0.161. The van der Waals surface area contributed by atoms with Crippen molar-refractivity contribution < 1.29 is 9.15 Å². The zero-order chi connectivity index (χ0) is 13.1. The number of halogens is 1. The topological polar surface area (TPSA) is 35.3 Å². The number of nitrogens with zero attached hydrogens (tertiary/aromatic N) is 1. The fraction of sp³-hybridized carbons (Fsp3) is 0.400. The molecule has 1 saturated carbocycles. The molecule has 1 aromatic heterocycles. The number of hydrogen-bond acceptors (Lipinski definition) is 3. The van der Waals surface area contributed by atoms with Crippen LogP contribution in [-0.4, -0.2) is 11.1 Å². The Morgan fingerprint density at radius 3 is 2.79 bits per heavy atom. The maximum atomic E-state index is 6.03. The molecule has 3 nitrogen and oxygen atoms in total. The minimum atomic E-state index is 0.161. The number of oxazole rings is 1. The molecule has 0 aliphatic heterocycles. The van der Waals surface area contributed by atoms with E-state index in [1.54, 1.807) is 6.20 Å². The first-order valence-electron chi connectivity index (χ1n) is 6.70. The summed E-state index contributed by atoms with van der Waals surface area (Å²) in [7, 11) is 0. The van der Waals surface area contributed by atoms with Gasteiger partial charge in [-0.1, -0.05) is 18.6 Å². The Labute approximate surface area is 117 Å². The third-order valence-electron chi connectivity index (χ3n) is 3.45. The lowest BCUT2D eigenvalue weighted by atomic mass is 9.98. The maximum Gasteiger partial charge on any atom is 0.292 e. The fourth-order valence-electron chi connectivity index (χ4n) is 2.48. The highest BCUT2D eigenvalue weighted by Gasteiger charge is 2.15. The average molecular weight is 278 g/mol. The van der Waals surface area contributed by atoms with Crippen LogP contribution in [0.2, 0.25) is 5.35 Å². The van der Waals surface area contributed by atoms with Gasteiger partial charge in [-0.15, -0.1) is 0 Å². The minimum Gasteiger partial charge on any atom is -0.490 e. The highest BCUT2D eigenvalue weighted by Crippen LogP contribution is 2.28. The Kier molecular flexibility index (Phi) is 3.74. The van der Waals surface area contributed by atoms with Gasteiger partial charge in [-0.25, -0.2) is 4.98 Å². The van der Waals surface area contributed by atoms with Gasteiger partial charge in [0, 0.05) is 5.56 Å². The van der Waals surface area contributed by atoms with Gasteiger partial charge in [0.2, 0.25) is 0 Å². The molecule has 1 aromatic carbocycles. The summed E-state index contributed by atoms with van der Waals surface area (Å²) in [6.45, 7) is 0. The maximum absolute atomic E-state index is 6.03. The van der Waals surface area contributed by atoms with Gasteiger partial charge in [0.15, 0.2) is 5.76 Å². The van der Waals surface area contributed by atoms with E-state index in [2.05, 4.69) is 4.98 Å². The second-order valence-corrected chi connectivity index (χ2v) is 5.21. The number of ether oxygens (including phenoxy) is 1. The standard InChI is InChI=1S/C15H16ClNO2/c16-15-17-10-14(19-15)11-5-4-8-13(9-11)18-12-6-2-1-3-7-12/h4-5,8-10,12H,1-3,6-7H2. The van der Waals surface area contributed by atoms with Crippen molar-refractivity contribution in [3.63, 3.8) is 0 Å². The monoisotopic (exact) mass is 277 g/mol. The molecule has 4 heteroatoms. The molecule has 19 heavy (non-hydrogen) atoms. The predicted octanol–water partition coefficient (Wildman–Crippen LogP) is 4.71. The molecule has 0 spiro atoms. The Balaban J connectivity index is 1.75. The van der Waals surface area contributed by atoms with Gasteiger partial charge in [-0.2, -0.15) is 0 Å². The van der Waals surface area contributed by atoms with Crippen LogP contribution < -0.4 is 4.74 Å². The Morgan fingerprint density at radius 1 is 1.21 bits per heavy atom.